The van der Waals surface area contributed by atoms with Gasteiger partial charge in [0.1, 0.15) is 5.01 Å². The highest BCUT2D eigenvalue weighted by atomic mass is 32.1. The molecule has 5 heteroatoms. The number of hydrogen-bond donors (Lipinski definition) is 0. The molecule has 1 aromatic carbocycles. The van der Waals surface area contributed by atoms with E-state index in [2.05, 4.69) is 4.98 Å². The predicted molar refractivity (Wildman–Crippen MR) is 57.3 cm³/mol. The van der Waals surface area contributed by atoms with Crippen molar-refractivity contribution in [3.63, 3.8) is 0 Å². The largest absolute Gasteiger partial charge is 0.417 e. The monoisotopic (exact) mass is 243 g/mol. The van der Waals surface area contributed by atoms with Gasteiger partial charge in [-0.2, -0.15) is 13.2 Å². The Morgan fingerprint density at radius 2 is 2.00 bits per heavy atom. The van der Waals surface area contributed by atoms with E-state index in [-0.39, 0.29) is 5.56 Å². The highest BCUT2D eigenvalue weighted by molar-refractivity contribution is 7.13. The van der Waals surface area contributed by atoms with Gasteiger partial charge in [0.05, 0.1) is 5.56 Å². The molecule has 1 aromatic heterocycles. The van der Waals surface area contributed by atoms with Gasteiger partial charge in [-0.3, -0.25) is 0 Å². The highest BCUT2D eigenvalue weighted by Crippen LogP contribution is 2.38. The van der Waals surface area contributed by atoms with Crippen molar-refractivity contribution in [2.45, 2.75) is 13.1 Å². The average molecular weight is 243 g/mol. The molecule has 1 heterocycles. The van der Waals surface area contributed by atoms with E-state index in [1.165, 1.54) is 29.7 Å². The van der Waals surface area contributed by atoms with Crippen LogP contribution < -0.4 is 0 Å². The van der Waals surface area contributed by atoms with Gasteiger partial charge in [-0.25, -0.2) is 4.98 Å². The Hall–Kier alpha value is -1.36. The number of nitrogens with zero attached hydrogens (tertiary/aromatic N) is 1. The summed E-state index contributed by atoms with van der Waals surface area (Å²) in [7, 11) is 0. The van der Waals surface area contributed by atoms with E-state index < -0.39 is 11.7 Å². The number of aromatic nitrogens is 1. The second kappa shape index (κ2) is 3.90. The van der Waals surface area contributed by atoms with Gasteiger partial charge in [0.2, 0.25) is 0 Å². The first-order valence-corrected chi connectivity index (χ1v) is 5.44. The van der Waals surface area contributed by atoms with Crippen molar-refractivity contribution in [3.05, 3.63) is 40.9 Å². The maximum Gasteiger partial charge on any atom is 0.417 e. The summed E-state index contributed by atoms with van der Waals surface area (Å²) in [4.78, 5) is 3.92. The molecule has 0 bridgehead atoms. The number of aryl methyl sites for hydroxylation is 1. The maximum atomic E-state index is 12.7. The topological polar surface area (TPSA) is 12.9 Å². The summed E-state index contributed by atoms with van der Waals surface area (Å²) < 4.78 is 38.2. The minimum Gasteiger partial charge on any atom is -0.245 e. The summed E-state index contributed by atoms with van der Waals surface area (Å²) in [6.45, 7) is 1.76. The van der Waals surface area contributed by atoms with Crippen molar-refractivity contribution in [1.29, 1.82) is 0 Å². The van der Waals surface area contributed by atoms with Crippen molar-refractivity contribution < 1.29 is 13.2 Å². The van der Waals surface area contributed by atoms with Gasteiger partial charge < -0.3 is 0 Å². The molecule has 16 heavy (non-hydrogen) atoms. The van der Waals surface area contributed by atoms with Crippen LogP contribution in [0.4, 0.5) is 13.2 Å². The zero-order valence-corrected chi connectivity index (χ0v) is 9.19. The van der Waals surface area contributed by atoms with E-state index in [0.717, 1.165) is 11.6 Å². The van der Waals surface area contributed by atoms with Gasteiger partial charge in [0.15, 0.2) is 0 Å². The molecule has 0 radical (unpaired) electrons. The molecule has 84 valence electrons. The molecule has 0 N–H and O–H groups in total. The SMILES string of the molecule is Cc1ccc(C(F)(F)F)c(-c2nccs2)c1. The van der Waals surface area contributed by atoms with Crippen LogP contribution in [0.3, 0.4) is 0 Å². The van der Waals surface area contributed by atoms with Crippen LogP contribution in [-0.2, 0) is 6.18 Å². The summed E-state index contributed by atoms with van der Waals surface area (Å²) >= 11 is 1.20. The Morgan fingerprint density at radius 3 is 2.56 bits per heavy atom. The van der Waals surface area contributed by atoms with E-state index in [4.69, 9.17) is 0 Å². The average Bonchev–Trinajstić information content (AvgIpc) is 2.68. The van der Waals surface area contributed by atoms with Crippen molar-refractivity contribution in [3.8, 4) is 10.6 Å². The minimum absolute atomic E-state index is 0.155. The molecule has 2 rings (SSSR count). The Labute approximate surface area is 94.6 Å². The third-order valence-electron chi connectivity index (χ3n) is 2.14. The lowest BCUT2D eigenvalue weighted by atomic mass is 10.0. The number of rotatable bonds is 1. The molecule has 0 unspecified atom stereocenters. The second-order valence-corrected chi connectivity index (χ2v) is 4.28. The summed E-state index contributed by atoms with van der Waals surface area (Å²) in [5.74, 6) is 0. The van der Waals surface area contributed by atoms with Crippen LogP contribution >= 0.6 is 11.3 Å². The molecule has 0 aliphatic rings. The van der Waals surface area contributed by atoms with Gasteiger partial charge in [-0.05, 0) is 19.1 Å². The molecule has 1 nitrogen and oxygen atoms in total. The summed E-state index contributed by atoms with van der Waals surface area (Å²) in [5.41, 5.74) is 0.314. The highest BCUT2D eigenvalue weighted by Gasteiger charge is 2.34. The molecule has 0 spiro atoms. The van der Waals surface area contributed by atoms with Crippen molar-refractivity contribution >= 4 is 11.3 Å². The fourth-order valence-corrected chi connectivity index (χ4v) is 2.11. The lowest BCUT2D eigenvalue weighted by Crippen LogP contribution is -2.07. The number of thiazole rings is 1. The predicted octanol–water partition coefficient (Wildman–Crippen LogP) is 4.14. The van der Waals surface area contributed by atoms with E-state index in [1.54, 1.807) is 12.3 Å². The van der Waals surface area contributed by atoms with Crippen LogP contribution in [0, 0.1) is 6.92 Å². The third kappa shape index (κ3) is 2.09. The van der Waals surface area contributed by atoms with Crippen LogP contribution in [-0.4, -0.2) is 4.98 Å². The lowest BCUT2D eigenvalue weighted by Gasteiger charge is -2.11. The number of halogens is 3. The molecule has 0 saturated carbocycles. The molecular weight excluding hydrogens is 235 g/mol. The normalized spacial score (nSPS) is 11.8. The minimum atomic E-state index is -4.34. The van der Waals surface area contributed by atoms with E-state index >= 15 is 0 Å². The maximum absolute atomic E-state index is 12.7. The number of alkyl halides is 3. The molecule has 0 fully saturated rings. The van der Waals surface area contributed by atoms with Crippen LogP contribution in [0.15, 0.2) is 29.8 Å². The van der Waals surface area contributed by atoms with Crippen LogP contribution in [0.25, 0.3) is 10.6 Å². The van der Waals surface area contributed by atoms with Gasteiger partial charge in [0.25, 0.3) is 0 Å². The van der Waals surface area contributed by atoms with Crippen molar-refractivity contribution in [2.75, 3.05) is 0 Å². The molecule has 2 aromatic rings. The van der Waals surface area contributed by atoms with Gasteiger partial charge in [-0.1, -0.05) is 11.6 Å². The molecule has 0 amide bonds. The lowest BCUT2D eigenvalue weighted by molar-refractivity contribution is -0.137. The van der Waals surface area contributed by atoms with E-state index in [9.17, 15) is 13.2 Å². The zero-order chi connectivity index (χ0) is 11.8. The fourth-order valence-electron chi connectivity index (χ4n) is 1.44. The number of hydrogen-bond acceptors (Lipinski definition) is 2. The van der Waals surface area contributed by atoms with Crippen LogP contribution in [0.1, 0.15) is 11.1 Å². The standard InChI is InChI=1S/C11H8F3NS/c1-7-2-3-9(11(12,13)14)8(6-7)10-15-4-5-16-10/h2-6H,1H3. The van der Waals surface area contributed by atoms with Crippen molar-refractivity contribution in [1.82, 2.24) is 4.98 Å². The zero-order valence-electron chi connectivity index (χ0n) is 8.38. The smallest absolute Gasteiger partial charge is 0.245 e. The van der Waals surface area contributed by atoms with Crippen molar-refractivity contribution in [2.24, 2.45) is 0 Å². The summed E-state index contributed by atoms with van der Waals surface area (Å²) in [6.07, 6.45) is -2.84. The molecule has 0 atom stereocenters. The third-order valence-corrected chi connectivity index (χ3v) is 2.95. The fraction of sp³-hybridized carbons (Fsp3) is 0.182. The first-order chi connectivity index (χ1) is 7.48. The first kappa shape index (κ1) is 11.1. The Kier molecular flexibility index (Phi) is 2.71. The van der Waals surface area contributed by atoms with Crippen LogP contribution in [0.2, 0.25) is 0 Å². The van der Waals surface area contributed by atoms with E-state index in [1.807, 2.05) is 0 Å². The number of benzene rings is 1. The van der Waals surface area contributed by atoms with Gasteiger partial charge >= 0.3 is 6.18 Å². The van der Waals surface area contributed by atoms with Gasteiger partial charge in [0, 0.05) is 17.1 Å². The molecular formula is C11H8F3NS. The van der Waals surface area contributed by atoms with E-state index in [0.29, 0.717) is 5.01 Å². The quantitative estimate of drug-likeness (QED) is 0.733. The first-order valence-electron chi connectivity index (χ1n) is 4.56. The molecule has 0 aliphatic carbocycles. The Bertz CT molecular complexity index is 488. The molecule has 0 saturated heterocycles. The summed E-state index contributed by atoms with van der Waals surface area (Å²) in [5, 5.41) is 2.06. The molecule has 0 aliphatic heterocycles. The second-order valence-electron chi connectivity index (χ2n) is 3.38. The Balaban J connectivity index is 2.63. The van der Waals surface area contributed by atoms with Crippen LogP contribution in [0.5, 0.6) is 0 Å². The Morgan fingerprint density at radius 1 is 1.25 bits per heavy atom. The summed E-state index contributed by atoms with van der Waals surface area (Å²) in [6, 6.07) is 4.08. The van der Waals surface area contributed by atoms with Gasteiger partial charge in [-0.15, -0.1) is 11.3 Å².